The Morgan fingerprint density at radius 1 is 1.30 bits per heavy atom. The summed E-state index contributed by atoms with van der Waals surface area (Å²) < 4.78 is 5.00. The van der Waals surface area contributed by atoms with E-state index in [9.17, 15) is 14.7 Å². The molecule has 1 N–H and O–H groups in total. The van der Waals surface area contributed by atoms with Gasteiger partial charge in [-0.15, -0.1) is 11.8 Å². The van der Waals surface area contributed by atoms with Gasteiger partial charge in [0.2, 0.25) is 5.91 Å². The molecule has 0 saturated carbocycles. The lowest BCUT2D eigenvalue weighted by molar-refractivity contribution is -0.128. The van der Waals surface area contributed by atoms with E-state index in [0.717, 1.165) is 18.4 Å². The number of esters is 1. The Kier molecular flexibility index (Phi) is 9.63. The smallest absolute Gasteiger partial charge is 0.338 e. The van der Waals surface area contributed by atoms with Crippen LogP contribution in [0.15, 0.2) is 36.4 Å². The van der Waals surface area contributed by atoms with Gasteiger partial charge in [0.25, 0.3) is 0 Å². The van der Waals surface area contributed by atoms with Crippen molar-refractivity contribution in [2.75, 3.05) is 13.2 Å². The molecule has 0 aliphatic carbocycles. The number of carbonyl (C=O) groups is 2. The van der Waals surface area contributed by atoms with Gasteiger partial charge in [0.1, 0.15) is 0 Å². The number of hydrogen-bond acceptors (Lipinski definition) is 4. The van der Waals surface area contributed by atoms with Gasteiger partial charge in [-0.1, -0.05) is 38.1 Å². The third-order valence-corrected chi connectivity index (χ3v) is 5.32. The fraction of sp³-hybridized carbons (Fsp3) is 0.520. The molecule has 2 rings (SSSR count). The van der Waals surface area contributed by atoms with Crippen molar-refractivity contribution in [3.05, 3.63) is 47.5 Å². The predicted octanol–water partition coefficient (Wildman–Crippen LogP) is 3.75. The monoisotopic (exact) mass is 411 g/mol. The van der Waals surface area contributed by atoms with Crippen LogP contribution >= 0.6 is 0 Å². The average Bonchev–Trinajstić information content (AvgIpc) is 3.10. The molecule has 1 aromatic carbocycles. The van der Waals surface area contributed by atoms with Crippen molar-refractivity contribution in [2.45, 2.75) is 65.0 Å². The fourth-order valence-electron chi connectivity index (χ4n) is 3.43. The van der Waals surface area contributed by atoms with Gasteiger partial charge in [0, 0.05) is 25.8 Å². The van der Waals surface area contributed by atoms with E-state index >= 15 is 0 Å². The summed E-state index contributed by atoms with van der Waals surface area (Å²) in [6.45, 7) is 6.74. The maximum absolute atomic E-state index is 12.3. The number of nitrogens with zero attached hydrogens (tertiary/aromatic N) is 1. The van der Waals surface area contributed by atoms with Crippen molar-refractivity contribution in [1.29, 1.82) is 0 Å². The molecule has 3 atom stereocenters. The number of ether oxygens (including phenoxy) is 1. The molecule has 1 fully saturated rings. The molecule has 3 unspecified atom stereocenters. The largest absolute Gasteiger partial charge is 0.462 e. The van der Waals surface area contributed by atoms with Gasteiger partial charge in [-0.3, -0.25) is 4.79 Å². The second-order valence-corrected chi connectivity index (χ2v) is 7.62. The van der Waals surface area contributed by atoms with Crippen molar-refractivity contribution in [1.82, 2.24) is 4.90 Å². The third-order valence-electron chi connectivity index (χ3n) is 5.32. The van der Waals surface area contributed by atoms with Crippen LogP contribution in [-0.4, -0.2) is 47.2 Å². The number of amides is 1. The van der Waals surface area contributed by atoms with E-state index in [-0.39, 0.29) is 23.8 Å². The summed E-state index contributed by atoms with van der Waals surface area (Å²) in [5.74, 6) is 5.99. The fourth-order valence-corrected chi connectivity index (χ4v) is 3.43. The maximum Gasteiger partial charge on any atom is 0.338 e. The van der Waals surface area contributed by atoms with E-state index in [1.165, 1.54) is 0 Å². The Labute approximate surface area is 180 Å². The van der Waals surface area contributed by atoms with Crippen LogP contribution in [-0.2, 0) is 16.0 Å². The molecule has 0 spiro atoms. The maximum atomic E-state index is 12.3. The van der Waals surface area contributed by atoms with Crippen LogP contribution in [0.5, 0.6) is 0 Å². The molecular formula is C25H33NO4. The van der Waals surface area contributed by atoms with Crippen LogP contribution in [0.1, 0.15) is 62.4 Å². The van der Waals surface area contributed by atoms with Gasteiger partial charge in [0.05, 0.1) is 24.3 Å². The van der Waals surface area contributed by atoms with Crippen LogP contribution in [0.3, 0.4) is 0 Å². The summed E-state index contributed by atoms with van der Waals surface area (Å²) >= 11 is 0. The molecule has 1 aromatic rings. The molecule has 0 aromatic heterocycles. The highest BCUT2D eigenvalue weighted by atomic mass is 16.5. The van der Waals surface area contributed by atoms with Crippen molar-refractivity contribution < 1.29 is 19.4 Å². The van der Waals surface area contributed by atoms with Crippen molar-refractivity contribution in [2.24, 2.45) is 5.92 Å². The number of likely N-dealkylation sites (tertiary alicyclic amines) is 1. The molecular weight excluding hydrogens is 378 g/mol. The molecule has 5 heteroatoms. The van der Waals surface area contributed by atoms with Crippen LogP contribution in [0, 0.1) is 17.8 Å². The van der Waals surface area contributed by atoms with Crippen LogP contribution < -0.4 is 0 Å². The number of carbonyl (C=O) groups excluding carboxylic acids is 2. The first kappa shape index (κ1) is 23.7. The first-order valence-corrected chi connectivity index (χ1v) is 10.8. The Hall–Kier alpha value is -2.58. The zero-order valence-electron chi connectivity index (χ0n) is 18.3. The second kappa shape index (κ2) is 12.2. The zero-order chi connectivity index (χ0) is 21.9. The molecule has 30 heavy (non-hydrogen) atoms. The van der Waals surface area contributed by atoms with Gasteiger partial charge in [-0.2, -0.15) is 0 Å². The summed E-state index contributed by atoms with van der Waals surface area (Å²) in [7, 11) is 0. The minimum atomic E-state index is -0.566. The molecule has 1 heterocycles. The predicted molar refractivity (Wildman–Crippen MR) is 118 cm³/mol. The topological polar surface area (TPSA) is 66.8 Å². The van der Waals surface area contributed by atoms with E-state index in [2.05, 4.69) is 11.8 Å². The normalized spacial score (nSPS) is 18.2. The van der Waals surface area contributed by atoms with E-state index in [0.29, 0.717) is 38.0 Å². The number of aliphatic hydroxyl groups is 1. The zero-order valence-corrected chi connectivity index (χ0v) is 18.3. The summed E-state index contributed by atoms with van der Waals surface area (Å²) in [6.07, 6.45) is 6.70. The highest BCUT2D eigenvalue weighted by molar-refractivity contribution is 5.89. The summed E-state index contributed by atoms with van der Waals surface area (Å²) in [4.78, 5) is 26.0. The molecule has 0 bridgehead atoms. The summed E-state index contributed by atoms with van der Waals surface area (Å²) in [6, 6.07) is 7.34. The standard InChI is InChI=1S/C25H33NO4/c1-4-6-7-8-19(3)23(27)15-13-22-14-16-24(28)26(22)18-17-20-9-11-21(12-10-20)25(29)30-5-2/h9-13,15,19,22-23,27H,4-5,8,14,16-18H2,1-3H3. The molecule has 1 amide bonds. The second-order valence-electron chi connectivity index (χ2n) is 7.62. The van der Waals surface area contributed by atoms with E-state index in [1.807, 2.05) is 43.0 Å². The van der Waals surface area contributed by atoms with Crippen molar-refractivity contribution >= 4 is 11.9 Å². The lowest BCUT2D eigenvalue weighted by Gasteiger charge is -2.23. The summed E-state index contributed by atoms with van der Waals surface area (Å²) in [5.41, 5.74) is 1.60. The molecule has 1 aliphatic rings. The first-order valence-electron chi connectivity index (χ1n) is 10.8. The molecule has 5 nitrogen and oxygen atoms in total. The number of aliphatic hydroxyl groups excluding tert-OH is 1. The van der Waals surface area contributed by atoms with E-state index in [1.54, 1.807) is 19.1 Å². The molecule has 1 aliphatic heterocycles. The van der Waals surface area contributed by atoms with Crippen LogP contribution in [0.2, 0.25) is 0 Å². The Balaban J connectivity index is 1.91. The third kappa shape index (κ3) is 7.03. The Bertz CT molecular complexity index is 788. The van der Waals surface area contributed by atoms with Gasteiger partial charge < -0.3 is 14.7 Å². The van der Waals surface area contributed by atoms with Gasteiger partial charge in [-0.25, -0.2) is 4.79 Å². The highest BCUT2D eigenvalue weighted by Crippen LogP contribution is 2.21. The van der Waals surface area contributed by atoms with Gasteiger partial charge in [-0.05, 0) is 43.4 Å². The first-order chi connectivity index (χ1) is 14.5. The Morgan fingerprint density at radius 2 is 2.03 bits per heavy atom. The number of rotatable bonds is 9. The lowest BCUT2D eigenvalue weighted by Crippen LogP contribution is -2.34. The lowest BCUT2D eigenvalue weighted by atomic mass is 10.00. The number of hydrogen-bond donors (Lipinski definition) is 1. The molecule has 162 valence electrons. The molecule has 1 saturated heterocycles. The van der Waals surface area contributed by atoms with Gasteiger partial charge in [0.15, 0.2) is 0 Å². The highest BCUT2D eigenvalue weighted by Gasteiger charge is 2.28. The minimum Gasteiger partial charge on any atom is -0.462 e. The number of benzene rings is 1. The molecule has 0 radical (unpaired) electrons. The quantitative estimate of drug-likeness (QED) is 0.382. The van der Waals surface area contributed by atoms with Gasteiger partial charge >= 0.3 is 5.97 Å². The van der Waals surface area contributed by atoms with E-state index in [4.69, 9.17) is 4.74 Å². The Morgan fingerprint density at radius 3 is 2.70 bits per heavy atom. The van der Waals surface area contributed by atoms with Crippen LogP contribution in [0.25, 0.3) is 0 Å². The summed E-state index contributed by atoms with van der Waals surface area (Å²) in [5, 5.41) is 10.4. The SMILES string of the molecule is CCC#CCC(C)C(O)C=CC1CCC(=O)N1CCc1ccc(C(=O)OCC)cc1. The van der Waals surface area contributed by atoms with Crippen molar-refractivity contribution in [3.63, 3.8) is 0 Å². The van der Waals surface area contributed by atoms with Crippen LogP contribution in [0.4, 0.5) is 0 Å². The minimum absolute atomic E-state index is 0.0138. The average molecular weight is 412 g/mol. The van der Waals surface area contributed by atoms with E-state index < -0.39 is 6.10 Å². The van der Waals surface area contributed by atoms with Crippen molar-refractivity contribution in [3.8, 4) is 11.8 Å².